The van der Waals surface area contributed by atoms with E-state index in [9.17, 15) is 9.59 Å². The lowest BCUT2D eigenvalue weighted by Gasteiger charge is -2.58. The molecular weight excluding hydrogens is 496 g/mol. The van der Waals surface area contributed by atoms with E-state index < -0.39 is 11.2 Å². The van der Waals surface area contributed by atoms with E-state index >= 15 is 0 Å². The third-order valence-electron chi connectivity index (χ3n) is 11.1. The van der Waals surface area contributed by atoms with Crippen LogP contribution in [0.5, 0.6) is 0 Å². The van der Waals surface area contributed by atoms with Crippen LogP contribution in [0, 0.1) is 29.6 Å². The maximum absolute atomic E-state index is 13.3. The molecule has 5 fully saturated rings. The highest BCUT2D eigenvalue weighted by Gasteiger charge is 2.68. The van der Waals surface area contributed by atoms with Gasteiger partial charge in [-0.3, -0.25) is 10.5 Å². The SMILES string of the molecule is CC=C(C)C(=O)O[C@@]1(C)CC[C@@H](CCCOC)[C@H](C2CC[NH2+]C(N)C2)[C@@]12CC1CC3CCC(=O)OC3CC1O2. The first-order valence-corrected chi connectivity index (χ1v) is 15.5. The monoisotopic (exact) mass is 547 g/mol. The number of nitrogens with two attached hydrogens (primary N) is 2. The Morgan fingerprint density at radius 1 is 1.15 bits per heavy atom. The predicted molar refractivity (Wildman–Crippen MR) is 146 cm³/mol. The largest absolute Gasteiger partial charge is 0.462 e. The van der Waals surface area contributed by atoms with Gasteiger partial charge in [-0.2, -0.15) is 0 Å². The molecule has 8 heteroatoms. The van der Waals surface area contributed by atoms with E-state index in [1.165, 1.54) is 0 Å². The second-order valence-corrected chi connectivity index (χ2v) is 13.3. The summed E-state index contributed by atoms with van der Waals surface area (Å²) in [6.45, 7) is 7.63. The number of carbonyl (C=O) groups excluding carboxylic acids is 2. The average Bonchev–Trinajstić information content (AvgIpc) is 3.28. The lowest BCUT2D eigenvalue weighted by molar-refractivity contribution is -0.700. The maximum Gasteiger partial charge on any atom is 0.334 e. The number of rotatable bonds is 7. The number of methoxy groups -OCH3 is 1. The zero-order valence-corrected chi connectivity index (χ0v) is 24.5. The molecule has 220 valence electrons. The van der Waals surface area contributed by atoms with E-state index in [-0.39, 0.29) is 36.2 Å². The standard InChI is InChI=1S/C31H50N2O6/c1-5-19(2)29(35)39-30(3)12-10-20(7-6-14-36-4)28(22-11-13-33-26(32)16-22)31(30)18-23-15-21-8-9-27(34)37-24(21)17-25(23)38-31/h5,20-26,28,33H,6-18,32H2,1-4H3/p+1/t20-,21?,22?,23?,24?,25?,26?,28-,30+,31+/m1/s1. The second kappa shape index (κ2) is 11.8. The van der Waals surface area contributed by atoms with Gasteiger partial charge in [0, 0.05) is 38.6 Å². The van der Waals surface area contributed by atoms with Gasteiger partial charge in [0.05, 0.1) is 12.6 Å². The number of hydrogen-bond donors (Lipinski definition) is 2. The van der Waals surface area contributed by atoms with Crippen LogP contribution in [0.3, 0.4) is 0 Å². The summed E-state index contributed by atoms with van der Waals surface area (Å²) in [5.74, 6) is 1.59. The van der Waals surface area contributed by atoms with Crippen LogP contribution in [-0.2, 0) is 28.5 Å². The zero-order chi connectivity index (χ0) is 27.8. The van der Waals surface area contributed by atoms with Crippen LogP contribution in [0.15, 0.2) is 11.6 Å². The van der Waals surface area contributed by atoms with Crippen molar-refractivity contribution in [2.24, 2.45) is 35.3 Å². The Hall–Kier alpha value is -1.48. The summed E-state index contributed by atoms with van der Waals surface area (Å²) in [6.07, 6.45) is 11.9. The Morgan fingerprint density at radius 3 is 2.72 bits per heavy atom. The number of hydrogen-bond acceptors (Lipinski definition) is 7. The summed E-state index contributed by atoms with van der Waals surface area (Å²) in [5, 5.41) is 2.26. The van der Waals surface area contributed by atoms with Crippen molar-refractivity contribution in [3.8, 4) is 0 Å². The molecule has 6 unspecified atom stereocenters. The van der Waals surface area contributed by atoms with Crippen molar-refractivity contribution in [1.82, 2.24) is 0 Å². The van der Waals surface area contributed by atoms with Gasteiger partial charge in [-0.1, -0.05) is 6.08 Å². The number of fused-ring (bicyclic) bond motifs is 2. The molecular formula is C31H51N2O6+. The van der Waals surface area contributed by atoms with Crippen LogP contribution in [0.25, 0.3) is 0 Å². The first kappa shape index (κ1) is 29.0. The lowest BCUT2D eigenvalue weighted by Crippen LogP contribution is -2.95. The fraction of sp³-hybridized carbons (Fsp3) is 0.871. The molecule has 3 heterocycles. The third-order valence-corrected chi connectivity index (χ3v) is 11.1. The molecule has 0 radical (unpaired) electrons. The van der Waals surface area contributed by atoms with Crippen molar-refractivity contribution >= 4 is 11.9 Å². The molecule has 10 atom stereocenters. The Morgan fingerprint density at radius 2 is 1.97 bits per heavy atom. The minimum Gasteiger partial charge on any atom is -0.462 e. The minimum absolute atomic E-state index is 0.0158. The van der Waals surface area contributed by atoms with Crippen molar-refractivity contribution in [2.75, 3.05) is 20.3 Å². The van der Waals surface area contributed by atoms with Crippen LogP contribution >= 0.6 is 0 Å². The van der Waals surface area contributed by atoms with E-state index in [1.54, 1.807) is 7.11 Å². The highest BCUT2D eigenvalue weighted by molar-refractivity contribution is 5.88. The molecule has 2 aliphatic carbocycles. The number of carbonyl (C=O) groups is 2. The number of ether oxygens (including phenoxy) is 4. The predicted octanol–water partition coefficient (Wildman–Crippen LogP) is 3.23. The third kappa shape index (κ3) is 5.55. The van der Waals surface area contributed by atoms with Gasteiger partial charge in [0.25, 0.3) is 0 Å². The molecule has 0 amide bonds. The van der Waals surface area contributed by atoms with E-state index in [0.29, 0.717) is 35.7 Å². The van der Waals surface area contributed by atoms with E-state index in [2.05, 4.69) is 12.2 Å². The summed E-state index contributed by atoms with van der Waals surface area (Å²) in [5.41, 5.74) is 5.86. The first-order valence-electron chi connectivity index (χ1n) is 15.5. The summed E-state index contributed by atoms with van der Waals surface area (Å²) in [4.78, 5) is 25.5. The Bertz CT molecular complexity index is 940. The molecule has 0 aromatic carbocycles. The van der Waals surface area contributed by atoms with Gasteiger partial charge in [0.15, 0.2) is 0 Å². The summed E-state index contributed by atoms with van der Waals surface area (Å²) in [6, 6.07) is 0. The molecule has 39 heavy (non-hydrogen) atoms. The van der Waals surface area contributed by atoms with Crippen molar-refractivity contribution in [3.05, 3.63) is 11.6 Å². The van der Waals surface area contributed by atoms with Gasteiger partial charge in [-0.05, 0) is 102 Å². The fourth-order valence-corrected chi connectivity index (χ4v) is 9.03. The normalized spacial score (nSPS) is 44.4. The topological polar surface area (TPSA) is 114 Å². The molecule has 0 aromatic heterocycles. The molecule has 4 N–H and O–H groups in total. The highest BCUT2D eigenvalue weighted by Crippen LogP contribution is 2.62. The van der Waals surface area contributed by atoms with Gasteiger partial charge >= 0.3 is 11.9 Å². The first-order chi connectivity index (χ1) is 18.7. The molecule has 1 spiro atoms. The van der Waals surface area contributed by atoms with Crippen molar-refractivity contribution in [2.45, 2.75) is 121 Å². The summed E-state index contributed by atoms with van der Waals surface area (Å²) >= 11 is 0. The van der Waals surface area contributed by atoms with Crippen molar-refractivity contribution in [3.63, 3.8) is 0 Å². The molecule has 5 rings (SSSR count). The highest BCUT2D eigenvalue weighted by atomic mass is 16.6. The summed E-state index contributed by atoms with van der Waals surface area (Å²) < 4.78 is 25.2. The average molecular weight is 548 g/mol. The zero-order valence-electron chi connectivity index (χ0n) is 24.5. The summed E-state index contributed by atoms with van der Waals surface area (Å²) in [7, 11) is 1.77. The molecule has 8 nitrogen and oxygen atoms in total. The van der Waals surface area contributed by atoms with Gasteiger partial charge < -0.3 is 24.3 Å². The number of quaternary nitrogens is 1. The molecule has 3 saturated heterocycles. The Labute approximate surface area is 234 Å². The Balaban J connectivity index is 1.53. The quantitative estimate of drug-likeness (QED) is 0.286. The molecule has 5 aliphatic rings. The van der Waals surface area contributed by atoms with Crippen molar-refractivity contribution < 1.29 is 33.9 Å². The van der Waals surface area contributed by atoms with E-state index in [1.807, 2.05) is 19.9 Å². The number of allylic oxidation sites excluding steroid dienone is 1. The van der Waals surface area contributed by atoms with Gasteiger partial charge in [0.2, 0.25) is 0 Å². The second-order valence-electron chi connectivity index (χ2n) is 13.3. The lowest BCUT2D eigenvalue weighted by atomic mass is 9.53. The van der Waals surface area contributed by atoms with Crippen LogP contribution in [0.2, 0.25) is 0 Å². The molecule has 2 saturated carbocycles. The number of piperidine rings is 1. The van der Waals surface area contributed by atoms with Crippen LogP contribution < -0.4 is 11.1 Å². The van der Waals surface area contributed by atoms with Gasteiger partial charge in [0.1, 0.15) is 23.5 Å². The van der Waals surface area contributed by atoms with E-state index in [0.717, 1.165) is 77.4 Å². The molecule has 0 aromatic rings. The maximum atomic E-state index is 13.3. The molecule has 3 aliphatic heterocycles. The Kier molecular flexibility index (Phi) is 8.77. The van der Waals surface area contributed by atoms with Gasteiger partial charge in [-0.25, -0.2) is 4.79 Å². The number of esters is 2. The van der Waals surface area contributed by atoms with Crippen LogP contribution in [0.1, 0.15) is 91.4 Å². The molecule has 0 bridgehead atoms. The fourth-order valence-electron chi connectivity index (χ4n) is 9.03. The van der Waals surface area contributed by atoms with Crippen LogP contribution in [-0.4, -0.2) is 61.8 Å². The smallest absolute Gasteiger partial charge is 0.334 e. The van der Waals surface area contributed by atoms with Gasteiger partial charge in [-0.15, -0.1) is 0 Å². The van der Waals surface area contributed by atoms with Crippen LogP contribution in [0.4, 0.5) is 0 Å². The van der Waals surface area contributed by atoms with E-state index in [4.69, 9.17) is 24.7 Å². The minimum atomic E-state index is -0.735. The van der Waals surface area contributed by atoms with Crippen molar-refractivity contribution in [1.29, 1.82) is 0 Å².